The Kier molecular flexibility index (Phi) is 1.72. The summed E-state index contributed by atoms with van der Waals surface area (Å²) in [5.41, 5.74) is 10.6. The van der Waals surface area contributed by atoms with Crippen molar-refractivity contribution in [2.24, 2.45) is 0 Å². The highest BCUT2D eigenvalue weighted by molar-refractivity contribution is 5.59. The number of aromatic hydroxyl groups is 1. The normalized spacial score (nSPS) is 9.55. The molecule has 1 aromatic rings. The zero-order chi connectivity index (χ0) is 8.43. The van der Waals surface area contributed by atoms with Crippen LogP contribution in [0.4, 0.5) is 11.6 Å². The van der Waals surface area contributed by atoms with Gasteiger partial charge in [0, 0.05) is 6.07 Å². The molecular weight excluding hydrogens is 146 g/mol. The number of methoxy groups -OCH3 is 1. The van der Waals surface area contributed by atoms with Crippen molar-refractivity contribution < 1.29 is 9.84 Å². The molecule has 1 rings (SSSR count). The van der Waals surface area contributed by atoms with Crippen LogP contribution >= 0.6 is 0 Å². The summed E-state index contributed by atoms with van der Waals surface area (Å²) in [7, 11) is 1.41. The molecule has 1 heterocycles. The van der Waals surface area contributed by atoms with Crippen molar-refractivity contribution in [2.45, 2.75) is 0 Å². The Morgan fingerprint density at radius 1 is 1.55 bits per heavy atom. The summed E-state index contributed by atoms with van der Waals surface area (Å²) < 4.78 is 4.76. The van der Waals surface area contributed by atoms with E-state index < -0.39 is 0 Å². The molecule has 0 aliphatic heterocycles. The lowest BCUT2D eigenvalue weighted by molar-refractivity contribution is 0.374. The summed E-state index contributed by atoms with van der Waals surface area (Å²) in [5.74, 6) is 0.246. The Morgan fingerprint density at radius 2 is 2.18 bits per heavy atom. The average molecular weight is 155 g/mol. The lowest BCUT2D eigenvalue weighted by Gasteiger charge is -2.05. The van der Waals surface area contributed by atoms with Crippen molar-refractivity contribution >= 4 is 11.6 Å². The highest BCUT2D eigenvalue weighted by Crippen LogP contribution is 2.31. The molecule has 0 amide bonds. The van der Waals surface area contributed by atoms with E-state index in [-0.39, 0.29) is 23.1 Å². The van der Waals surface area contributed by atoms with Crippen molar-refractivity contribution in [3.05, 3.63) is 6.07 Å². The van der Waals surface area contributed by atoms with Gasteiger partial charge in [0.2, 0.25) is 5.75 Å². The maximum absolute atomic E-state index is 9.15. The number of anilines is 2. The van der Waals surface area contributed by atoms with Crippen LogP contribution < -0.4 is 16.2 Å². The van der Waals surface area contributed by atoms with Crippen molar-refractivity contribution in [3.8, 4) is 11.5 Å². The van der Waals surface area contributed by atoms with Crippen LogP contribution in [0.15, 0.2) is 6.07 Å². The highest BCUT2D eigenvalue weighted by atomic mass is 16.5. The summed E-state index contributed by atoms with van der Waals surface area (Å²) in [6, 6.07) is 1.39. The monoisotopic (exact) mass is 155 g/mol. The average Bonchev–Trinajstić information content (AvgIpc) is 1.96. The number of nitrogens with two attached hydrogens (primary N) is 2. The molecule has 0 saturated carbocycles. The fourth-order valence-corrected chi connectivity index (χ4v) is 0.709. The molecule has 0 bridgehead atoms. The van der Waals surface area contributed by atoms with Gasteiger partial charge in [-0.1, -0.05) is 0 Å². The molecule has 5 nitrogen and oxygen atoms in total. The maximum Gasteiger partial charge on any atom is 0.201 e. The predicted molar refractivity (Wildman–Crippen MR) is 41.3 cm³/mol. The van der Waals surface area contributed by atoms with Crippen molar-refractivity contribution in [2.75, 3.05) is 18.6 Å². The van der Waals surface area contributed by atoms with Gasteiger partial charge in [0.15, 0.2) is 11.6 Å². The van der Waals surface area contributed by atoms with Gasteiger partial charge in [0.1, 0.15) is 5.82 Å². The molecule has 0 aliphatic carbocycles. The van der Waals surface area contributed by atoms with Gasteiger partial charge in [0.05, 0.1) is 7.11 Å². The van der Waals surface area contributed by atoms with E-state index in [1.165, 1.54) is 13.2 Å². The summed E-state index contributed by atoms with van der Waals surface area (Å²) in [4.78, 5) is 3.61. The molecule has 0 spiro atoms. The molecule has 0 saturated heterocycles. The molecule has 1 aromatic heterocycles. The number of ether oxygens (including phenoxy) is 1. The lowest BCUT2D eigenvalue weighted by Crippen LogP contribution is -1.98. The molecule has 5 N–H and O–H groups in total. The van der Waals surface area contributed by atoms with Crippen molar-refractivity contribution in [1.82, 2.24) is 4.98 Å². The quantitative estimate of drug-likeness (QED) is 0.529. The minimum Gasteiger partial charge on any atom is -0.502 e. The first kappa shape index (κ1) is 7.46. The Labute approximate surface area is 63.6 Å². The number of nitrogens with zero attached hydrogens (tertiary/aromatic N) is 1. The van der Waals surface area contributed by atoms with Gasteiger partial charge >= 0.3 is 0 Å². The van der Waals surface area contributed by atoms with Crippen LogP contribution in [-0.4, -0.2) is 17.2 Å². The minimum absolute atomic E-state index is 0.0261. The Morgan fingerprint density at radius 3 is 2.73 bits per heavy atom. The van der Waals surface area contributed by atoms with Crippen LogP contribution in [0.3, 0.4) is 0 Å². The first-order chi connectivity index (χ1) is 5.15. The van der Waals surface area contributed by atoms with E-state index in [9.17, 15) is 0 Å². The van der Waals surface area contributed by atoms with Crippen LogP contribution in [-0.2, 0) is 0 Å². The fourth-order valence-electron chi connectivity index (χ4n) is 0.709. The molecule has 0 atom stereocenters. The van der Waals surface area contributed by atoms with Gasteiger partial charge in [-0.25, -0.2) is 4.98 Å². The number of rotatable bonds is 1. The molecule has 0 fully saturated rings. The smallest absolute Gasteiger partial charge is 0.201 e. The topological polar surface area (TPSA) is 94.4 Å². The first-order valence-electron chi connectivity index (χ1n) is 2.94. The third-order valence-electron chi connectivity index (χ3n) is 1.22. The molecule has 11 heavy (non-hydrogen) atoms. The maximum atomic E-state index is 9.15. The number of hydrogen-bond donors (Lipinski definition) is 3. The van der Waals surface area contributed by atoms with E-state index >= 15 is 0 Å². The standard InChI is InChI=1S/C6H9N3O2/c1-11-3-2-4(7)9-6(8)5(3)10/h2,10H,1H3,(H4,7,8,9). The van der Waals surface area contributed by atoms with Gasteiger partial charge in [-0.3, -0.25) is 0 Å². The Bertz CT molecular complexity index is 275. The van der Waals surface area contributed by atoms with Crippen molar-refractivity contribution in [3.63, 3.8) is 0 Å². The van der Waals surface area contributed by atoms with Crippen LogP contribution in [0.25, 0.3) is 0 Å². The lowest BCUT2D eigenvalue weighted by atomic mass is 10.4. The fraction of sp³-hybridized carbons (Fsp3) is 0.167. The molecule has 0 aliphatic rings. The van der Waals surface area contributed by atoms with Gasteiger partial charge in [0.25, 0.3) is 0 Å². The predicted octanol–water partition coefficient (Wildman–Crippen LogP) is -0.0398. The van der Waals surface area contributed by atoms with E-state index in [1.807, 2.05) is 0 Å². The molecule has 0 radical (unpaired) electrons. The van der Waals surface area contributed by atoms with E-state index in [1.54, 1.807) is 0 Å². The van der Waals surface area contributed by atoms with E-state index in [0.717, 1.165) is 0 Å². The number of hydrogen-bond acceptors (Lipinski definition) is 5. The zero-order valence-corrected chi connectivity index (χ0v) is 6.03. The van der Waals surface area contributed by atoms with E-state index in [2.05, 4.69) is 4.98 Å². The summed E-state index contributed by atoms with van der Waals surface area (Å²) in [6.07, 6.45) is 0. The number of pyridine rings is 1. The summed E-state index contributed by atoms with van der Waals surface area (Å²) >= 11 is 0. The summed E-state index contributed by atoms with van der Waals surface area (Å²) in [5, 5.41) is 9.15. The molecule has 5 heteroatoms. The molecule has 0 unspecified atom stereocenters. The third-order valence-corrected chi connectivity index (χ3v) is 1.22. The van der Waals surface area contributed by atoms with Crippen LogP contribution in [0.5, 0.6) is 11.5 Å². The Hall–Kier alpha value is -1.65. The van der Waals surface area contributed by atoms with Gasteiger partial charge in [-0.15, -0.1) is 0 Å². The van der Waals surface area contributed by atoms with Crippen LogP contribution in [0, 0.1) is 0 Å². The van der Waals surface area contributed by atoms with Gasteiger partial charge in [-0.2, -0.15) is 0 Å². The zero-order valence-electron chi connectivity index (χ0n) is 6.03. The second kappa shape index (κ2) is 2.53. The second-order valence-electron chi connectivity index (χ2n) is 1.98. The molecule has 60 valence electrons. The number of nitrogen functional groups attached to an aromatic ring is 2. The van der Waals surface area contributed by atoms with Crippen LogP contribution in [0.2, 0.25) is 0 Å². The van der Waals surface area contributed by atoms with Crippen LogP contribution in [0.1, 0.15) is 0 Å². The van der Waals surface area contributed by atoms with E-state index in [4.69, 9.17) is 21.3 Å². The second-order valence-corrected chi connectivity index (χ2v) is 1.98. The highest BCUT2D eigenvalue weighted by Gasteiger charge is 2.06. The molecular formula is C6H9N3O2. The minimum atomic E-state index is -0.179. The Balaban J connectivity index is 3.24. The largest absolute Gasteiger partial charge is 0.502 e. The third kappa shape index (κ3) is 1.26. The summed E-state index contributed by atoms with van der Waals surface area (Å²) in [6.45, 7) is 0. The van der Waals surface area contributed by atoms with Gasteiger partial charge < -0.3 is 21.3 Å². The number of aromatic nitrogens is 1. The van der Waals surface area contributed by atoms with Crippen molar-refractivity contribution in [1.29, 1.82) is 0 Å². The molecule has 0 aromatic carbocycles. The van der Waals surface area contributed by atoms with Gasteiger partial charge in [-0.05, 0) is 0 Å². The SMILES string of the molecule is COc1cc(N)nc(N)c1O. The van der Waals surface area contributed by atoms with E-state index in [0.29, 0.717) is 0 Å². The first-order valence-corrected chi connectivity index (χ1v) is 2.94.